The van der Waals surface area contributed by atoms with Crippen LogP contribution < -0.4 is 27.0 Å². The monoisotopic (exact) mass is 717 g/mol. The molecule has 4 fully saturated rings. The van der Waals surface area contributed by atoms with Gasteiger partial charge in [-0.25, -0.2) is 10.0 Å². The maximum absolute atomic E-state index is 12.5. The van der Waals surface area contributed by atoms with E-state index in [0.29, 0.717) is 63.0 Å². The zero-order valence-corrected chi connectivity index (χ0v) is 31.1. The van der Waals surface area contributed by atoms with E-state index in [-0.39, 0.29) is 39.2 Å². The summed E-state index contributed by atoms with van der Waals surface area (Å²) in [5.74, 6) is 3.55. The summed E-state index contributed by atoms with van der Waals surface area (Å²) in [5.41, 5.74) is 6.45. The second kappa shape index (κ2) is 20.2. The largest absolute Gasteiger partial charge is 0.366 e. The molecule has 4 unspecified atom stereocenters. The Morgan fingerprint density at radius 3 is 1.67 bits per heavy atom. The number of fused-ring (bicyclic) bond motifs is 1. The average Bonchev–Trinajstić information content (AvgIpc) is 3.96. The number of anilines is 2. The molecule has 1 aromatic rings. The smallest absolute Gasteiger partial charge is 0.248 e. The van der Waals surface area contributed by atoms with Crippen molar-refractivity contribution in [1.29, 1.82) is 0 Å². The molecule has 6 N–H and O–H groups in total. The van der Waals surface area contributed by atoms with Crippen LogP contribution in [0.5, 0.6) is 0 Å². The maximum atomic E-state index is 12.5. The van der Waals surface area contributed by atoms with Gasteiger partial charge in [0.25, 0.3) is 0 Å². The maximum Gasteiger partial charge on any atom is 0.248 e. The number of rotatable bonds is 23. The van der Waals surface area contributed by atoms with Gasteiger partial charge >= 0.3 is 0 Å². The molecular formula is C37H59N5O5S2. The van der Waals surface area contributed by atoms with E-state index in [0.717, 1.165) is 50.2 Å². The number of thioether (sulfide) groups is 1. The number of benzene rings is 1. The molecule has 4 heterocycles. The van der Waals surface area contributed by atoms with Gasteiger partial charge in [-0.3, -0.25) is 24.0 Å². The molecule has 1 aromatic carbocycles. The van der Waals surface area contributed by atoms with Crippen LogP contribution in [-0.2, 0) is 19.2 Å². The van der Waals surface area contributed by atoms with E-state index in [4.69, 9.17) is 5.73 Å². The summed E-state index contributed by atoms with van der Waals surface area (Å²) in [6.45, 7) is 3.28. The third-order valence-electron chi connectivity index (χ3n) is 9.87. The Kier molecular flexibility index (Phi) is 16.1. The number of unbranched alkanes of at least 4 members (excludes halogenated alkanes) is 6. The molecule has 274 valence electrons. The molecule has 10 nitrogen and oxygen atoms in total. The number of primary amides is 1. The Bertz CT molecular complexity index is 1280. The van der Waals surface area contributed by atoms with Crippen molar-refractivity contribution in [3.05, 3.63) is 23.8 Å². The lowest BCUT2D eigenvalue weighted by atomic mass is 10.1. The molecule has 4 saturated heterocycles. The van der Waals surface area contributed by atoms with Crippen LogP contribution >= 0.6 is 21.8 Å². The average molecular weight is 718 g/mol. The molecule has 0 radical (unpaired) electrons. The predicted octanol–water partition coefficient (Wildman–Crippen LogP) is 6.23. The first-order valence-corrected chi connectivity index (χ1v) is 21.8. The number of amides is 5. The van der Waals surface area contributed by atoms with Crippen LogP contribution in [-0.4, -0.2) is 75.6 Å². The molecule has 0 aromatic heterocycles. The zero-order chi connectivity index (χ0) is 35.1. The summed E-state index contributed by atoms with van der Waals surface area (Å²) in [6.07, 6.45) is 14.7. The lowest BCUT2D eigenvalue weighted by Gasteiger charge is -2.11. The Hall–Kier alpha value is -2.73. The Labute approximate surface area is 298 Å². The molecule has 0 aliphatic carbocycles. The first kappa shape index (κ1) is 39.1. The highest BCUT2D eigenvalue weighted by atomic mass is 32.3. The van der Waals surface area contributed by atoms with Crippen LogP contribution in [0.1, 0.15) is 126 Å². The Morgan fingerprint density at radius 1 is 0.714 bits per heavy atom. The second-order valence-electron chi connectivity index (χ2n) is 13.9. The third kappa shape index (κ3) is 13.2. The summed E-state index contributed by atoms with van der Waals surface area (Å²) in [6, 6.07) is 4.60. The van der Waals surface area contributed by atoms with Crippen molar-refractivity contribution in [2.45, 2.75) is 132 Å². The molecule has 5 rings (SSSR count). The van der Waals surface area contributed by atoms with E-state index in [9.17, 15) is 24.0 Å². The Balaban J connectivity index is 0.000000989. The third-order valence-corrected chi connectivity index (χ3v) is 15.8. The summed E-state index contributed by atoms with van der Waals surface area (Å²) in [7, 11) is 0.0361. The molecule has 4 atom stereocenters. The van der Waals surface area contributed by atoms with Crippen molar-refractivity contribution >= 4 is 62.7 Å². The molecule has 5 amide bonds. The van der Waals surface area contributed by atoms with Crippen LogP contribution in [0, 0.1) is 0 Å². The van der Waals surface area contributed by atoms with Gasteiger partial charge in [0, 0.05) is 71.5 Å². The molecular weight excluding hydrogens is 659 g/mol. The zero-order valence-electron chi connectivity index (χ0n) is 29.5. The fraction of sp³-hybridized carbons (Fsp3) is 0.703. The summed E-state index contributed by atoms with van der Waals surface area (Å²) >= 11 is 2.07. The number of carbonyl (C=O) groups excluding carboxylic acids is 5. The molecule has 0 saturated carbocycles. The van der Waals surface area contributed by atoms with E-state index in [1.54, 1.807) is 11.8 Å². The van der Waals surface area contributed by atoms with Crippen molar-refractivity contribution in [1.82, 2.24) is 10.6 Å². The number of hydrogen-bond donors (Lipinski definition) is 5. The van der Waals surface area contributed by atoms with Crippen molar-refractivity contribution < 1.29 is 24.0 Å². The first-order chi connectivity index (χ1) is 23.7. The number of hydrogen-bond acceptors (Lipinski definition) is 6. The van der Waals surface area contributed by atoms with Crippen LogP contribution in [0.4, 0.5) is 11.4 Å². The first-order valence-electron chi connectivity index (χ1n) is 18.7. The molecule has 49 heavy (non-hydrogen) atoms. The summed E-state index contributed by atoms with van der Waals surface area (Å²) < 4.78 is 0. The van der Waals surface area contributed by atoms with Gasteiger partial charge < -0.3 is 27.0 Å². The van der Waals surface area contributed by atoms with Crippen molar-refractivity contribution in [3.8, 4) is 0 Å². The number of nitrogens with two attached hydrogens (primary N) is 1. The molecule has 1 spiro atoms. The van der Waals surface area contributed by atoms with E-state index in [1.807, 2.05) is 6.92 Å². The minimum absolute atomic E-state index is 0.0361. The fourth-order valence-electron chi connectivity index (χ4n) is 6.76. The highest BCUT2D eigenvalue weighted by molar-refractivity contribution is 8.54. The van der Waals surface area contributed by atoms with Crippen molar-refractivity contribution in [2.75, 3.05) is 41.0 Å². The summed E-state index contributed by atoms with van der Waals surface area (Å²) in [4.78, 5) is 60.5. The lowest BCUT2D eigenvalue weighted by Crippen LogP contribution is -2.24. The van der Waals surface area contributed by atoms with Gasteiger partial charge in [-0.15, -0.1) is 0 Å². The van der Waals surface area contributed by atoms with E-state index in [2.05, 4.69) is 33.0 Å². The van der Waals surface area contributed by atoms with Gasteiger partial charge in [0.1, 0.15) is 0 Å². The van der Waals surface area contributed by atoms with E-state index < -0.39 is 5.91 Å². The van der Waals surface area contributed by atoms with E-state index in [1.165, 1.54) is 59.8 Å². The number of nitrogens with one attached hydrogen (secondary N) is 4. The van der Waals surface area contributed by atoms with Gasteiger partial charge in [0.15, 0.2) is 0 Å². The molecule has 0 bridgehead atoms. The van der Waals surface area contributed by atoms with Crippen LogP contribution in [0.25, 0.3) is 0 Å². The Morgan fingerprint density at radius 2 is 1.22 bits per heavy atom. The van der Waals surface area contributed by atoms with E-state index >= 15 is 0 Å². The highest BCUT2D eigenvalue weighted by Crippen LogP contribution is 3.09. The molecule has 4 aliphatic rings. The van der Waals surface area contributed by atoms with Crippen molar-refractivity contribution in [2.24, 2.45) is 5.73 Å². The summed E-state index contributed by atoms with van der Waals surface area (Å²) in [5, 5.41) is 14.9. The van der Waals surface area contributed by atoms with Crippen LogP contribution in [0.3, 0.4) is 0 Å². The molecule has 4 aliphatic heterocycles. The van der Waals surface area contributed by atoms with Crippen molar-refractivity contribution in [3.63, 3.8) is 0 Å². The highest BCUT2D eigenvalue weighted by Gasteiger charge is 2.93. The number of carbonyl (C=O) groups is 5. The fourth-order valence-corrected chi connectivity index (χ4v) is 13.1. The standard InChI is InChI=1S/C33H51N5O5S.C4H8S/c1-2-3-13-28(39)35-17-10-4-6-15-30(41)37-24-19-23(33(34)43)20-25(21-24)38-31(42)16-7-5-11-18-36-29(40)14-9-8-12-26-32-27-22-44(26,27)32;1-2-4-5-3-1/h19-21,26-27,32H,2-18,22H2,1H3,(H2,34,43)(H,35,39)(H,36,40)(H,37,41)(H,38,42);1-4H2. The van der Waals surface area contributed by atoms with Crippen LogP contribution in [0.2, 0.25) is 0 Å². The normalized spacial score (nSPS) is 23.3. The second-order valence-corrected chi connectivity index (χ2v) is 19.0. The molecule has 12 heteroatoms. The van der Waals surface area contributed by atoms with Gasteiger partial charge in [-0.1, -0.05) is 32.6 Å². The minimum atomic E-state index is -0.656. The SMILES string of the molecule is C1CCSC1.CCCCC(=O)NCCCCCC(=O)Nc1cc(NC(=O)CCCCCNC(=O)CCCCC2C3C4CS243)cc(C(N)=O)c1. The van der Waals surface area contributed by atoms with Gasteiger partial charge in [-0.05, 0) is 93.2 Å². The predicted molar refractivity (Wildman–Crippen MR) is 204 cm³/mol. The quantitative estimate of drug-likeness (QED) is 0.0667. The van der Waals surface area contributed by atoms with Gasteiger partial charge in [0.05, 0.1) is 0 Å². The van der Waals surface area contributed by atoms with Crippen LogP contribution in [0.15, 0.2) is 18.2 Å². The topological polar surface area (TPSA) is 159 Å². The van der Waals surface area contributed by atoms with Gasteiger partial charge in [0.2, 0.25) is 29.5 Å². The minimum Gasteiger partial charge on any atom is -0.366 e. The lowest BCUT2D eigenvalue weighted by molar-refractivity contribution is -0.122. The van der Waals surface area contributed by atoms with Gasteiger partial charge in [-0.2, -0.15) is 11.8 Å².